The average molecular weight is 242 g/mol. The van der Waals surface area contributed by atoms with E-state index in [2.05, 4.69) is 0 Å². The van der Waals surface area contributed by atoms with Crippen LogP contribution < -0.4 is 5.73 Å². The van der Waals surface area contributed by atoms with Crippen LogP contribution >= 0.6 is 0 Å². The van der Waals surface area contributed by atoms with Gasteiger partial charge in [-0.05, 0) is 12.5 Å². The molecule has 3 N–H and O–H groups in total. The molecule has 0 spiro atoms. The molecule has 98 valence electrons. The lowest BCUT2D eigenvalue weighted by Crippen LogP contribution is -2.54. The Hall–Kier alpha value is -0.330. The van der Waals surface area contributed by atoms with Crippen LogP contribution in [0.2, 0.25) is 0 Å². The van der Waals surface area contributed by atoms with E-state index in [1.54, 1.807) is 6.92 Å². The number of alkyl halides is 3. The molecule has 0 saturated carbocycles. The number of hydrogen-bond acceptors (Lipinski definition) is 3. The van der Waals surface area contributed by atoms with Crippen molar-refractivity contribution in [1.82, 2.24) is 4.90 Å². The molecule has 0 aromatic heterocycles. The van der Waals surface area contributed by atoms with Crippen LogP contribution in [0.15, 0.2) is 0 Å². The second-order valence-electron chi connectivity index (χ2n) is 4.25. The monoisotopic (exact) mass is 242 g/mol. The smallest absolute Gasteiger partial charge is 0.395 e. The first-order valence-corrected chi connectivity index (χ1v) is 5.40. The molecule has 0 saturated heterocycles. The van der Waals surface area contributed by atoms with Gasteiger partial charge in [0.2, 0.25) is 0 Å². The molecule has 0 heterocycles. The van der Waals surface area contributed by atoms with E-state index in [9.17, 15) is 13.2 Å². The van der Waals surface area contributed by atoms with Gasteiger partial charge in [-0.2, -0.15) is 13.2 Å². The number of nitrogens with zero attached hydrogens (tertiary/aromatic N) is 1. The summed E-state index contributed by atoms with van der Waals surface area (Å²) >= 11 is 0. The number of aliphatic hydroxyl groups is 1. The lowest BCUT2D eigenvalue weighted by atomic mass is 9.96. The van der Waals surface area contributed by atoms with Gasteiger partial charge in [0.15, 0.2) is 0 Å². The van der Waals surface area contributed by atoms with Crippen molar-refractivity contribution in [1.29, 1.82) is 0 Å². The van der Waals surface area contributed by atoms with Gasteiger partial charge < -0.3 is 10.8 Å². The molecule has 0 bridgehead atoms. The highest BCUT2D eigenvalue weighted by Crippen LogP contribution is 2.20. The van der Waals surface area contributed by atoms with Crippen LogP contribution in [-0.4, -0.2) is 48.0 Å². The summed E-state index contributed by atoms with van der Waals surface area (Å²) in [5, 5.41) is 9.15. The van der Waals surface area contributed by atoms with E-state index in [1.165, 1.54) is 4.90 Å². The summed E-state index contributed by atoms with van der Waals surface area (Å²) in [4.78, 5) is 1.17. The molecule has 0 amide bonds. The van der Waals surface area contributed by atoms with Gasteiger partial charge in [0, 0.05) is 12.1 Å². The van der Waals surface area contributed by atoms with E-state index in [1.807, 2.05) is 13.8 Å². The molecule has 0 aromatic rings. The summed E-state index contributed by atoms with van der Waals surface area (Å²) in [5.41, 5.74) is 5.80. The van der Waals surface area contributed by atoms with Crippen molar-refractivity contribution in [2.45, 2.75) is 39.0 Å². The predicted octanol–water partition coefficient (Wildman–Crippen LogP) is 1.21. The van der Waals surface area contributed by atoms with Crippen molar-refractivity contribution in [3.8, 4) is 0 Å². The minimum Gasteiger partial charge on any atom is -0.395 e. The van der Waals surface area contributed by atoms with Crippen LogP contribution in [0.4, 0.5) is 13.2 Å². The minimum absolute atomic E-state index is 0.0273. The minimum atomic E-state index is -4.26. The SMILES string of the molecule is CCN(CC(F)(F)F)C(CO)C(N)C(C)C. The highest BCUT2D eigenvalue weighted by Gasteiger charge is 2.35. The van der Waals surface area contributed by atoms with Crippen molar-refractivity contribution < 1.29 is 18.3 Å². The molecule has 2 atom stereocenters. The lowest BCUT2D eigenvalue weighted by molar-refractivity contribution is -0.153. The molecule has 0 radical (unpaired) electrons. The number of hydrogen-bond donors (Lipinski definition) is 2. The van der Waals surface area contributed by atoms with E-state index < -0.39 is 24.8 Å². The van der Waals surface area contributed by atoms with Crippen LogP contribution in [0, 0.1) is 5.92 Å². The zero-order chi connectivity index (χ0) is 12.9. The topological polar surface area (TPSA) is 49.5 Å². The summed E-state index contributed by atoms with van der Waals surface area (Å²) in [7, 11) is 0. The number of nitrogens with two attached hydrogens (primary N) is 1. The van der Waals surface area contributed by atoms with Gasteiger partial charge >= 0.3 is 6.18 Å². The molecule has 0 aliphatic rings. The zero-order valence-electron chi connectivity index (χ0n) is 9.96. The number of aliphatic hydroxyl groups excluding tert-OH is 1. The zero-order valence-corrected chi connectivity index (χ0v) is 9.96. The van der Waals surface area contributed by atoms with E-state index in [0.29, 0.717) is 0 Å². The van der Waals surface area contributed by atoms with E-state index in [0.717, 1.165) is 0 Å². The van der Waals surface area contributed by atoms with Crippen molar-refractivity contribution in [3.05, 3.63) is 0 Å². The average Bonchev–Trinajstić information content (AvgIpc) is 2.14. The van der Waals surface area contributed by atoms with Crippen LogP contribution in [-0.2, 0) is 0 Å². The third-order valence-corrected chi connectivity index (χ3v) is 2.66. The summed E-state index contributed by atoms with van der Waals surface area (Å²) < 4.78 is 36.9. The first-order valence-electron chi connectivity index (χ1n) is 5.40. The van der Waals surface area contributed by atoms with Crippen molar-refractivity contribution in [3.63, 3.8) is 0 Å². The van der Waals surface area contributed by atoms with Crippen molar-refractivity contribution in [2.24, 2.45) is 11.7 Å². The Kier molecular flexibility index (Phi) is 6.28. The molecule has 2 unspecified atom stereocenters. The maximum absolute atomic E-state index is 12.3. The molecular weight excluding hydrogens is 221 g/mol. The molecule has 6 heteroatoms. The molecule has 3 nitrogen and oxygen atoms in total. The fourth-order valence-electron chi connectivity index (χ4n) is 1.62. The molecular formula is C10H21F3N2O. The largest absolute Gasteiger partial charge is 0.401 e. The Morgan fingerprint density at radius 1 is 1.31 bits per heavy atom. The standard InChI is InChI=1S/C10H21F3N2O/c1-4-15(6-10(11,12)13)8(5-16)9(14)7(2)3/h7-9,16H,4-6,14H2,1-3H3. The maximum Gasteiger partial charge on any atom is 0.401 e. The van der Waals surface area contributed by atoms with Crippen LogP contribution in [0.25, 0.3) is 0 Å². The number of rotatable bonds is 6. The molecule has 0 aromatic carbocycles. The normalized spacial score (nSPS) is 16.9. The summed E-state index contributed by atoms with van der Waals surface area (Å²) in [6.45, 7) is 4.11. The Bertz CT molecular complexity index is 197. The second kappa shape index (κ2) is 6.42. The fourth-order valence-corrected chi connectivity index (χ4v) is 1.62. The van der Waals surface area contributed by atoms with Gasteiger partial charge in [-0.25, -0.2) is 0 Å². The second-order valence-corrected chi connectivity index (χ2v) is 4.25. The number of likely N-dealkylation sites (N-methyl/N-ethyl adjacent to an activating group) is 1. The number of halogens is 3. The quantitative estimate of drug-likeness (QED) is 0.736. The lowest BCUT2D eigenvalue weighted by Gasteiger charge is -2.35. The van der Waals surface area contributed by atoms with Gasteiger partial charge in [0.05, 0.1) is 13.2 Å². The van der Waals surface area contributed by atoms with Gasteiger partial charge in [0.1, 0.15) is 0 Å². The van der Waals surface area contributed by atoms with Gasteiger partial charge in [-0.1, -0.05) is 20.8 Å². The maximum atomic E-state index is 12.3. The highest BCUT2D eigenvalue weighted by atomic mass is 19.4. The fraction of sp³-hybridized carbons (Fsp3) is 1.00. The predicted molar refractivity (Wildman–Crippen MR) is 57.0 cm³/mol. The molecule has 16 heavy (non-hydrogen) atoms. The van der Waals surface area contributed by atoms with Crippen LogP contribution in [0.3, 0.4) is 0 Å². The molecule has 0 rings (SSSR count). The Morgan fingerprint density at radius 3 is 2.06 bits per heavy atom. The Morgan fingerprint density at radius 2 is 1.81 bits per heavy atom. The summed E-state index contributed by atoms with van der Waals surface area (Å²) in [6.07, 6.45) is -4.26. The van der Waals surface area contributed by atoms with Gasteiger partial charge in [-0.3, -0.25) is 4.90 Å². The highest BCUT2D eigenvalue weighted by molar-refractivity contribution is 4.84. The Labute approximate surface area is 94.4 Å². The first kappa shape index (κ1) is 15.7. The van der Waals surface area contributed by atoms with E-state index in [4.69, 9.17) is 10.8 Å². The molecule has 0 fully saturated rings. The van der Waals surface area contributed by atoms with Gasteiger partial charge in [0.25, 0.3) is 0 Å². The van der Waals surface area contributed by atoms with Crippen molar-refractivity contribution >= 4 is 0 Å². The third-order valence-electron chi connectivity index (χ3n) is 2.66. The van der Waals surface area contributed by atoms with Gasteiger partial charge in [-0.15, -0.1) is 0 Å². The van der Waals surface area contributed by atoms with E-state index >= 15 is 0 Å². The van der Waals surface area contributed by atoms with Crippen LogP contribution in [0.1, 0.15) is 20.8 Å². The van der Waals surface area contributed by atoms with Crippen molar-refractivity contribution in [2.75, 3.05) is 19.7 Å². The third kappa shape index (κ3) is 5.14. The van der Waals surface area contributed by atoms with E-state index in [-0.39, 0.29) is 19.1 Å². The summed E-state index contributed by atoms with van der Waals surface area (Å²) in [5.74, 6) is 0.0273. The summed E-state index contributed by atoms with van der Waals surface area (Å²) in [6, 6.07) is -1.11. The molecule has 0 aliphatic carbocycles. The first-order chi connectivity index (χ1) is 7.22. The Balaban J connectivity index is 4.62. The van der Waals surface area contributed by atoms with Crippen LogP contribution in [0.5, 0.6) is 0 Å². The molecule has 0 aliphatic heterocycles.